The highest BCUT2D eigenvalue weighted by Gasteiger charge is 2.35. The molecule has 0 aliphatic carbocycles. The molecule has 28 heavy (non-hydrogen) atoms. The maximum Gasteiger partial charge on any atom is 0.229 e. The van der Waals surface area contributed by atoms with Gasteiger partial charge >= 0.3 is 0 Å². The Kier molecular flexibility index (Phi) is 5.20. The largest absolute Gasteiger partial charge is 0.326 e. The number of rotatable bonds is 5. The Labute approximate surface area is 164 Å². The van der Waals surface area contributed by atoms with Crippen LogP contribution < -0.4 is 10.2 Å². The smallest absolute Gasteiger partial charge is 0.229 e. The molecule has 0 bridgehead atoms. The summed E-state index contributed by atoms with van der Waals surface area (Å²) in [6.45, 7) is 0.412. The Balaban J connectivity index is 1.47. The first-order chi connectivity index (χ1) is 13.7. The normalized spacial score (nSPS) is 16.2. The number of benzene rings is 3. The molecule has 0 spiro atoms. The third kappa shape index (κ3) is 3.96. The Bertz CT molecular complexity index is 970. The molecule has 4 nitrogen and oxygen atoms in total. The van der Waals surface area contributed by atoms with Crippen molar-refractivity contribution in [2.45, 2.75) is 12.8 Å². The second-order valence-corrected chi connectivity index (χ2v) is 7.05. The fraction of sp³-hybridized carbons (Fsp3) is 0.167. The van der Waals surface area contributed by atoms with E-state index in [-0.39, 0.29) is 24.2 Å². The van der Waals surface area contributed by atoms with Crippen molar-refractivity contribution in [3.63, 3.8) is 0 Å². The van der Waals surface area contributed by atoms with Crippen molar-refractivity contribution in [2.24, 2.45) is 5.92 Å². The van der Waals surface area contributed by atoms with Crippen molar-refractivity contribution in [2.75, 3.05) is 16.8 Å². The summed E-state index contributed by atoms with van der Waals surface area (Å²) in [6.07, 6.45) is 0.985. The maximum absolute atomic E-state index is 12.9. The van der Waals surface area contributed by atoms with Gasteiger partial charge in [-0.15, -0.1) is 0 Å². The molecule has 140 valence electrons. The number of carbonyl (C=O) groups is 2. The van der Waals surface area contributed by atoms with Crippen LogP contribution in [0.25, 0.3) is 0 Å². The van der Waals surface area contributed by atoms with Gasteiger partial charge in [0.05, 0.1) is 5.92 Å². The Morgan fingerprint density at radius 3 is 2.29 bits per heavy atom. The topological polar surface area (TPSA) is 49.4 Å². The van der Waals surface area contributed by atoms with Gasteiger partial charge in [-0.2, -0.15) is 0 Å². The molecule has 1 atom stereocenters. The molecule has 3 aromatic rings. The molecule has 1 N–H and O–H groups in total. The van der Waals surface area contributed by atoms with Gasteiger partial charge in [-0.25, -0.2) is 0 Å². The Morgan fingerprint density at radius 1 is 0.893 bits per heavy atom. The van der Waals surface area contributed by atoms with Gasteiger partial charge in [-0.3, -0.25) is 9.59 Å². The van der Waals surface area contributed by atoms with Crippen molar-refractivity contribution in [3.8, 4) is 0 Å². The number of carbonyl (C=O) groups excluding carboxylic acids is 2. The van der Waals surface area contributed by atoms with E-state index >= 15 is 0 Å². The molecule has 0 aromatic heterocycles. The highest BCUT2D eigenvalue weighted by molar-refractivity contribution is 6.03. The summed E-state index contributed by atoms with van der Waals surface area (Å²) in [4.78, 5) is 26.9. The maximum atomic E-state index is 12.9. The molecular weight excluding hydrogens is 348 g/mol. The minimum atomic E-state index is -0.350. The molecular formula is C24H22N2O2. The second kappa shape index (κ2) is 8.09. The average molecular weight is 370 g/mol. The van der Waals surface area contributed by atoms with Crippen LogP contribution in [0.5, 0.6) is 0 Å². The van der Waals surface area contributed by atoms with Crippen molar-refractivity contribution in [1.29, 1.82) is 0 Å². The monoisotopic (exact) mass is 370 g/mol. The van der Waals surface area contributed by atoms with E-state index in [2.05, 4.69) is 17.4 Å². The predicted octanol–water partition coefficient (Wildman–Crippen LogP) is 4.27. The summed E-state index contributed by atoms with van der Waals surface area (Å²) in [5.41, 5.74) is 3.90. The van der Waals surface area contributed by atoms with Crippen LogP contribution in [0.4, 0.5) is 11.4 Å². The number of nitrogens with one attached hydrogen (secondary N) is 1. The van der Waals surface area contributed by atoms with Crippen LogP contribution in [0.2, 0.25) is 0 Å². The number of anilines is 2. The lowest BCUT2D eigenvalue weighted by atomic mass is 10.0. The number of hydrogen-bond acceptors (Lipinski definition) is 2. The number of amides is 2. The molecule has 1 heterocycles. The first-order valence-electron chi connectivity index (χ1n) is 9.49. The van der Waals surface area contributed by atoms with Gasteiger partial charge in [-0.1, -0.05) is 66.7 Å². The zero-order valence-electron chi connectivity index (χ0n) is 15.5. The van der Waals surface area contributed by atoms with Gasteiger partial charge in [0.15, 0.2) is 0 Å². The van der Waals surface area contributed by atoms with Gasteiger partial charge in [0, 0.05) is 24.3 Å². The molecule has 4 heteroatoms. The second-order valence-electron chi connectivity index (χ2n) is 7.05. The molecule has 3 aromatic carbocycles. The quantitative estimate of drug-likeness (QED) is 0.729. The third-order valence-electron chi connectivity index (χ3n) is 5.08. The molecule has 1 saturated heterocycles. The van der Waals surface area contributed by atoms with Crippen molar-refractivity contribution in [3.05, 3.63) is 96.1 Å². The third-order valence-corrected chi connectivity index (χ3v) is 5.08. The molecule has 2 amide bonds. The summed E-state index contributed by atoms with van der Waals surface area (Å²) >= 11 is 0. The van der Waals surface area contributed by atoms with Crippen LogP contribution in [-0.2, 0) is 16.0 Å². The SMILES string of the molecule is O=C(Nc1ccccc1Cc1ccccc1)[C@@H]1CC(=O)N(c2ccccc2)C1. The standard InChI is InChI=1S/C24H22N2O2/c27-23-16-20(17-26(23)21-12-5-2-6-13-21)24(28)25-22-14-8-7-11-19(22)15-18-9-3-1-4-10-18/h1-14,20H,15-17H2,(H,25,28)/t20-/m1/s1. The fourth-order valence-corrected chi connectivity index (χ4v) is 3.59. The lowest BCUT2D eigenvalue weighted by Crippen LogP contribution is -2.28. The van der Waals surface area contributed by atoms with E-state index in [1.54, 1.807) is 4.90 Å². The highest BCUT2D eigenvalue weighted by atomic mass is 16.2. The predicted molar refractivity (Wildman–Crippen MR) is 111 cm³/mol. The lowest BCUT2D eigenvalue weighted by Gasteiger charge is -2.17. The zero-order valence-corrected chi connectivity index (χ0v) is 15.5. The summed E-state index contributed by atoms with van der Waals surface area (Å²) in [7, 11) is 0. The Hall–Kier alpha value is -3.40. The minimum absolute atomic E-state index is 0.0103. The molecule has 1 fully saturated rings. The fourth-order valence-electron chi connectivity index (χ4n) is 3.59. The molecule has 0 radical (unpaired) electrons. The van der Waals surface area contributed by atoms with Crippen LogP contribution in [0.3, 0.4) is 0 Å². The number of nitrogens with zero attached hydrogens (tertiary/aromatic N) is 1. The Morgan fingerprint density at radius 2 is 1.54 bits per heavy atom. The minimum Gasteiger partial charge on any atom is -0.326 e. The summed E-state index contributed by atoms with van der Waals surface area (Å²) < 4.78 is 0. The summed E-state index contributed by atoms with van der Waals surface area (Å²) in [5.74, 6) is -0.464. The first-order valence-corrected chi connectivity index (χ1v) is 9.49. The van der Waals surface area contributed by atoms with Gasteiger partial charge in [0.1, 0.15) is 0 Å². The van der Waals surface area contributed by atoms with Crippen molar-refractivity contribution >= 4 is 23.2 Å². The lowest BCUT2D eigenvalue weighted by molar-refractivity contribution is -0.122. The molecule has 1 aliphatic rings. The van der Waals surface area contributed by atoms with E-state index in [0.29, 0.717) is 6.54 Å². The number of para-hydroxylation sites is 2. The van der Waals surface area contributed by atoms with Crippen LogP contribution >= 0.6 is 0 Å². The first kappa shape index (κ1) is 18.0. The summed E-state index contributed by atoms with van der Waals surface area (Å²) in [6, 6.07) is 27.5. The highest BCUT2D eigenvalue weighted by Crippen LogP contribution is 2.27. The zero-order chi connectivity index (χ0) is 19.3. The molecule has 0 saturated carbocycles. The van der Waals surface area contributed by atoms with E-state index in [4.69, 9.17) is 0 Å². The van der Waals surface area contributed by atoms with Crippen LogP contribution in [0, 0.1) is 5.92 Å². The van der Waals surface area contributed by atoms with Gasteiger partial charge in [0.2, 0.25) is 11.8 Å². The van der Waals surface area contributed by atoms with Crippen molar-refractivity contribution in [1.82, 2.24) is 0 Å². The van der Waals surface area contributed by atoms with E-state index in [1.165, 1.54) is 5.56 Å². The number of hydrogen-bond donors (Lipinski definition) is 1. The average Bonchev–Trinajstić information content (AvgIpc) is 3.13. The molecule has 1 aliphatic heterocycles. The molecule has 0 unspecified atom stereocenters. The van der Waals surface area contributed by atoms with Gasteiger partial charge in [0.25, 0.3) is 0 Å². The van der Waals surface area contributed by atoms with Gasteiger partial charge in [-0.05, 0) is 35.7 Å². The van der Waals surface area contributed by atoms with E-state index in [1.807, 2.05) is 72.8 Å². The van der Waals surface area contributed by atoms with Crippen LogP contribution in [-0.4, -0.2) is 18.4 Å². The van der Waals surface area contributed by atoms with Crippen LogP contribution in [0.15, 0.2) is 84.9 Å². The summed E-state index contributed by atoms with van der Waals surface area (Å²) in [5, 5.41) is 3.05. The van der Waals surface area contributed by atoms with Gasteiger partial charge < -0.3 is 10.2 Å². The van der Waals surface area contributed by atoms with E-state index < -0.39 is 0 Å². The van der Waals surface area contributed by atoms with Crippen molar-refractivity contribution < 1.29 is 9.59 Å². The molecule has 4 rings (SSSR count). The van der Waals surface area contributed by atoms with Crippen LogP contribution in [0.1, 0.15) is 17.5 Å². The van der Waals surface area contributed by atoms with E-state index in [0.717, 1.165) is 23.4 Å². The van der Waals surface area contributed by atoms with E-state index in [9.17, 15) is 9.59 Å².